The standard InChI is InChI=1S/2CH2O2.Ag/c2*2-1-3;/h2*1H,(H,2,3);/p-2. The molecule has 0 unspecified atom stereocenters. The molecule has 0 heterocycles. The number of hydrogen-bond donors (Lipinski definition) is 0. The summed E-state index contributed by atoms with van der Waals surface area (Å²) in [5.74, 6) is 0. The molecule has 0 aliphatic carbocycles. The zero-order valence-corrected chi connectivity index (χ0v) is 4.57. The van der Waals surface area contributed by atoms with Gasteiger partial charge >= 0.3 is 0 Å². The maximum absolute atomic E-state index is 8.25. The Bertz CT molecular complexity index is 30.7. The van der Waals surface area contributed by atoms with Crippen LogP contribution in [0.15, 0.2) is 0 Å². The number of carboxylic acid groups (broad SMARTS) is 2. The molecule has 0 bridgehead atoms. The maximum Gasteiger partial charge on any atom is 0.0275 e. The van der Waals surface area contributed by atoms with Gasteiger partial charge in [0.05, 0.1) is 0 Å². The minimum Gasteiger partial charge on any atom is -0.554 e. The fourth-order valence-electron chi connectivity index (χ4n) is 0. The van der Waals surface area contributed by atoms with Crippen molar-refractivity contribution < 1.29 is 42.2 Å². The molecular weight excluding hydrogens is 196 g/mol. The molecule has 0 aliphatic rings. The Morgan fingerprint density at radius 3 is 1.00 bits per heavy atom. The molecule has 5 heteroatoms. The smallest absolute Gasteiger partial charge is 0.0275 e. The summed E-state index contributed by atoms with van der Waals surface area (Å²) >= 11 is 0. The average Bonchev–Trinajstić information content (AvgIpc) is 1.39. The molecule has 7 heavy (non-hydrogen) atoms. The summed E-state index contributed by atoms with van der Waals surface area (Å²) in [5, 5.41) is 16.5. The van der Waals surface area contributed by atoms with Gasteiger partial charge < -0.3 is 19.8 Å². The van der Waals surface area contributed by atoms with Gasteiger partial charge in [-0.25, -0.2) is 0 Å². The number of carbonyl (C=O) groups excluding carboxylic acids is 2. The summed E-state index contributed by atoms with van der Waals surface area (Å²) in [6.07, 6.45) is 0. The van der Waals surface area contributed by atoms with Crippen molar-refractivity contribution in [2.45, 2.75) is 0 Å². The van der Waals surface area contributed by atoms with Gasteiger partial charge in [0.2, 0.25) is 0 Å². The van der Waals surface area contributed by atoms with Crippen molar-refractivity contribution >= 4 is 12.9 Å². The minimum atomic E-state index is -0.500. The van der Waals surface area contributed by atoms with E-state index in [0.717, 1.165) is 0 Å². The van der Waals surface area contributed by atoms with Crippen molar-refractivity contribution in [2.24, 2.45) is 0 Å². The second-order valence-corrected chi connectivity index (χ2v) is 0.192. The molecule has 1 radical (unpaired) electrons. The number of rotatable bonds is 0. The Balaban J connectivity index is -0.0000000400. The van der Waals surface area contributed by atoms with E-state index in [1.807, 2.05) is 0 Å². The predicted octanol–water partition coefficient (Wildman–Crippen LogP) is -3.27. The fourth-order valence-corrected chi connectivity index (χ4v) is 0. The van der Waals surface area contributed by atoms with Crippen LogP contribution in [0.25, 0.3) is 0 Å². The first kappa shape index (κ1) is 15.9. The van der Waals surface area contributed by atoms with Crippen LogP contribution in [0.5, 0.6) is 0 Å². The molecule has 0 fully saturated rings. The Morgan fingerprint density at radius 1 is 1.00 bits per heavy atom. The molecule has 0 aromatic rings. The van der Waals surface area contributed by atoms with Crippen LogP contribution < -0.4 is 10.2 Å². The molecule has 0 atom stereocenters. The van der Waals surface area contributed by atoms with Gasteiger partial charge in [-0.3, -0.25) is 0 Å². The first-order valence-electron chi connectivity index (χ1n) is 0.943. The van der Waals surface area contributed by atoms with Crippen LogP contribution in [-0.4, -0.2) is 12.9 Å². The molecule has 0 amide bonds. The summed E-state index contributed by atoms with van der Waals surface area (Å²) in [7, 11) is 0. The van der Waals surface area contributed by atoms with Crippen LogP contribution in [0.4, 0.5) is 0 Å². The second kappa shape index (κ2) is 44.1. The summed E-state index contributed by atoms with van der Waals surface area (Å²) in [6.45, 7) is -1.00. The molecule has 4 nitrogen and oxygen atoms in total. The molecular formula is C2H2AgO4-2. The van der Waals surface area contributed by atoms with E-state index < -0.39 is 12.9 Å². The second-order valence-electron chi connectivity index (χ2n) is 0.192. The maximum atomic E-state index is 8.25. The van der Waals surface area contributed by atoms with E-state index in [1.54, 1.807) is 0 Å². The summed E-state index contributed by atoms with van der Waals surface area (Å²) in [4.78, 5) is 16.5. The van der Waals surface area contributed by atoms with Gasteiger partial charge in [-0.05, 0) is 0 Å². The number of carbonyl (C=O) groups is 2. The molecule has 0 saturated heterocycles. The average molecular weight is 198 g/mol. The Morgan fingerprint density at radius 2 is 1.00 bits per heavy atom. The molecule has 0 aliphatic heterocycles. The van der Waals surface area contributed by atoms with E-state index in [-0.39, 0.29) is 22.4 Å². The third kappa shape index (κ3) is 753. The third-order valence-corrected chi connectivity index (χ3v) is 0. The summed E-state index contributed by atoms with van der Waals surface area (Å²) in [5.41, 5.74) is 0. The minimum absolute atomic E-state index is 0. The van der Waals surface area contributed by atoms with Gasteiger partial charge in [0, 0.05) is 35.3 Å². The van der Waals surface area contributed by atoms with Crippen molar-refractivity contribution in [2.75, 3.05) is 0 Å². The predicted molar refractivity (Wildman–Crippen MR) is 12.1 cm³/mol. The van der Waals surface area contributed by atoms with Crippen LogP contribution in [0.1, 0.15) is 0 Å². The molecule has 0 saturated carbocycles. The van der Waals surface area contributed by atoms with Crippen molar-refractivity contribution in [3.05, 3.63) is 0 Å². The van der Waals surface area contributed by atoms with Gasteiger partial charge in [-0.2, -0.15) is 0 Å². The summed E-state index contributed by atoms with van der Waals surface area (Å²) in [6, 6.07) is 0. The van der Waals surface area contributed by atoms with Gasteiger partial charge in [-0.15, -0.1) is 0 Å². The van der Waals surface area contributed by atoms with E-state index >= 15 is 0 Å². The molecule has 0 N–H and O–H groups in total. The zero-order valence-electron chi connectivity index (χ0n) is 3.09. The van der Waals surface area contributed by atoms with Gasteiger partial charge in [0.25, 0.3) is 0 Å². The van der Waals surface area contributed by atoms with E-state index in [1.165, 1.54) is 0 Å². The molecule has 47 valence electrons. The Hall–Kier alpha value is -0.320. The summed E-state index contributed by atoms with van der Waals surface area (Å²) < 4.78 is 0. The van der Waals surface area contributed by atoms with E-state index in [2.05, 4.69) is 0 Å². The van der Waals surface area contributed by atoms with Crippen LogP contribution >= 0.6 is 0 Å². The van der Waals surface area contributed by atoms with E-state index in [0.29, 0.717) is 0 Å². The SMILES string of the molecule is O=C[O-].O=C[O-].[Ag]. The van der Waals surface area contributed by atoms with E-state index in [9.17, 15) is 0 Å². The third-order valence-electron chi connectivity index (χ3n) is 0. The van der Waals surface area contributed by atoms with E-state index in [4.69, 9.17) is 19.8 Å². The first-order valence-corrected chi connectivity index (χ1v) is 0.943. The zero-order chi connectivity index (χ0) is 5.41. The normalized spacial score (nSPS) is 3.43. The number of hydrogen-bond acceptors (Lipinski definition) is 4. The Labute approximate surface area is 55.7 Å². The fraction of sp³-hybridized carbons (Fsp3) is 0. The molecule has 0 rings (SSSR count). The first-order chi connectivity index (χ1) is 2.83. The quantitative estimate of drug-likeness (QED) is 0.302. The topological polar surface area (TPSA) is 80.3 Å². The van der Waals surface area contributed by atoms with Crippen molar-refractivity contribution in [1.82, 2.24) is 0 Å². The van der Waals surface area contributed by atoms with Crippen LogP contribution in [0.3, 0.4) is 0 Å². The Kier molecular flexibility index (Phi) is 100. The molecule has 0 spiro atoms. The largest absolute Gasteiger partial charge is 0.554 e. The molecule has 0 aromatic carbocycles. The van der Waals surface area contributed by atoms with Gasteiger partial charge in [-0.1, -0.05) is 0 Å². The van der Waals surface area contributed by atoms with Crippen LogP contribution in [0, 0.1) is 0 Å². The van der Waals surface area contributed by atoms with Crippen molar-refractivity contribution in [3.63, 3.8) is 0 Å². The van der Waals surface area contributed by atoms with Gasteiger partial charge in [0.1, 0.15) is 0 Å². The molecule has 0 aromatic heterocycles. The monoisotopic (exact) mass is 197 g/mol. The van der Waals surface area contributed by atoms with Gasteiger partial charge in [0.15, 0.2) is 0 Å². The van der Waals surface area contributed by atoms with Crippen LogP contribution in [0.2, 0.25) is 0 Å². The van der Waals surface area contributed by atoms with Crippen molar-refractivity contribution in [1.29, 1.82) is 0 Å². The van der Waals surface area contributed by atoms with Crippen molar-refractivity contribution in [3.8, 4) is 0 Å². The van der Waals surface area contributed by atoms with Crippen LogP contribution in [-0.2, 0) is 32.0 Å².